The Morgan fingerprint density at radius 3 is 1.11 bits per heavy atom. The number of aliphatic carboxylic acids is 2. The van der Waals surface area contributed by atoms with Crippen molar-refractivity contribution in [1.29, 1.82) is 0 Å². The first-order valence-corrected chi connectivity index (χ1v) is 27.0. The van der Waals surface area contributed by atoms with Crippen molar-refractivity contribution in [2.45, 2.75) is 168 Å². The Morgan fingerprint density at radius 2 is 0.816 bits per heavy atom. The van der Waals surface area contributed by atoms with Crippen LogP contribution in [-0.2, 0) is 19.1 Å². The van der Waals surface area contributed by atoms with Crippen LogP contribution in [-0.4, -0.2) is 123 Å². The Kier molecular flexibility index (Phi) is 27.1. The van der Waals surface area contributed by atoms with Crippen LogP contribution >= 0.6 is 0 Å². The van der Waals surface area contributed by atoms with Gasteiger partial charge in [-0.3, -0.25) is 9.80 Å². The van der Waals surface area contributed by atoms with Gasteiger partial charge >= 0.3 is 24.5 Å². The zero-order valence-electron chi connectivity index (χ0n) is 44.4. The molecule has 6 aliphatic rings. The number of ether oxygens (including phenoxy) is 2. The van der Waals surface area contributed by atoms with Crippen LogP contribution in [0.2, 0.25) is 0 Å². The minimum Gasteiger partial charge on any atom is -0.542 e. The number of carboxylic acids is 2. The number of carbonyl (C=O) groups is 4. The number of carboxylic acid groups (broad SMARTS) is 2. The lowest BCUT2D eigenvalue weighted by atomic mass is 9.83. The number of nitrogens with zero attached hydrogens (tertiary/aromatic N) is 4. The molecule has 0 aliphatic carbocycles. The number of rotatable bonds is 22. The van der Waals surface area contributed by atoms with Gasteiger partial charge in [0.15, 0.2) is 12.2 Å². The van der Waals surface area contributed by atoms with E-state index in [1.807, 2.05) is 13.8 Å². The molecule has 0 spiro atoms. The zero-order chi connectivity index (χ0) is 56.7. The largest absolute Gasteiger partial charge is 0.542 e. The number of unbranched alkanes of at least 4 members (excludes halogenated alkanes) is 10. The van der Waals surface area contributed by atoms with Crippen molar-refractivity contribution in [3.05, 3.63) is 59.7 Å². The highest BCUT2D eigenvalue weighted by atomic mass is 19.4. The molecule has 2 amide bonds. The topological polar surface area (TPSA) is 139 Å². The summed E-state index contributed by atoms with van der Waals surface area (Å²) in [5, 5.41) is 17.6. The van der Waals surface area contributed by atoms with E-state index in [2.05, 4.69) is 13.8 Å². The minimum atomic E-state index is -5.19. The van der Waals surface area contributed by atoms with E-state index >= 15 is 0 Å². The number of quaternary nitrogens is 2. The summed E-state index contributed by atoms with van der Waals surface area (Å²) >= 11 is 0. The van der Waals surface area contributed by atoms with Gasteiger partial charge in [-0.25, -0.2) is 27.2 Å². The van der Waals surface area contributed by atoms with Crippen LogP contribution in [0.3, 0.4) is 0 Å². The van der Waals surface area contributed by atoms with Crippen molar-refractivity contribution in [3.8, 4) is 0 Å². The summed E-state index contributed by atoms with van der Waals surface area (Å²) in [4.78, 5) is 46.3. The van der Waals surface area contributed by atoms with Crippen molar-refractivity contribution in [3.63, 3.8) is 0 Å². The SMILES string of the molecule is CCCCCCC[N+]12CCC(CC1)[C@@H](OC(=O)N(CCCC)c1cc(F)ccc1F)C2.CCCCCCC[N+]12CCC(CC1)[C@@H](OC(=O)N(CCCC)c1cc(F)ccc1F)C2.O=C([O-])C(F)(F)F.O=C([O-])C(F)(F)F. The number of alkyl halides is 6. The van der Waals surface area contributed by atoms with Crippen molar-refractivity contribution in [2.75, 3.05) is 75.2 Å². The second kappa shape index (κ2) is 31.5. The second-order valence-electron chi connectivity index (χ2n) is 20.5. The second-order valence-corrected chi connectivity index (χ2v) is 20.5. The van der Waals surface area contributed by atoms with Gasteiger partial charge in [0, 0.05) is 62.7 Å². The molecule has 2 aromatic rings. The fourth-order valence-electron chi connectivity index (χ4n) is 10.5. The van der Waals surface area contributed by atoms with Crippen LogP contribution in [0.5, 0.6) is 0 Å². The number of piperidine rings is 6. The van der Waals surface area contributed by atoms with Crippen LogP contribution in [0.25, 0.3) is 0 Å². The van der Waals surface area contributed by atoms with Gasteiger partial charge in [0.2, 0.25) is 0 Å². The number of anilines is 2. The molecule has 0 N–H and O–H groups in total. The molecule has 22 heteroatoms. The molecule has 0 saturated carbocycles. The third-order valence-corrected chi connectivity index (χ3v) is 14.8. The molecule has 4 bridgehead atoms. The van der Waals surface area contributed by atoms with Gasteiger partial charge in [-0.2, -0.15) is 26.3 Å². The van der Waals surface area contributed by atoms with Crippen molar-refractivity contribution < 1.29 is 91.7 Å². The van der Waals surface area contributed by atoms with E-state index < -0.39 is 59.7 Å². The number of fused-ring (bicyclic) bond motifs is 6. The van der Waals surface area contributed by atoms with E-state index in [0.29, 0.717) is 37.8 Å². The summed E-state index contributed by atoms with van der Waals surface area (Å²) in [7, 11) is 0. The monoisotopic (exact) mass is 1100 g/mol. The van der Waals surface area contributed by atoms with Crippen LogP contribution in [0.4, 0.5) is 64.9 Å². The molecule has 6 saturated heterocycles. The lowest BCUT2D eigenvalue weighted by Gasteiger charge is -2.52. The lowest BCUT2D eigenvalue weighted by molar-refractivity contribution is -0.946. The normalized spacial score (nSPS) is 22.4. The molecule has 0 radical (unpaired) electrons. The van der Waals surface area contributed by atoms with Crippen molar-refractivity contribution >= 4 is 35.5 Å². The summed E-state index contributed by atoms with van der Waals surface area (Å²) in [6.45, 7) is 17.8. The van der Waals surface area contributed by atoms with Gasteiger partial charge in [0.25, 0.3) is 0 Å². The van der Waals surface area contributed by atoms with E-state index in [0.717, 1.165) is 110 Å². The van der Waals surface area contributed by atoms with Crippen LogP contribution in [0.15, 0.2) is 36.4 Å². The molecule has 6 fully saturated rings. The average molecular weight is 1100 g/mol. The molecular formula is C54H78F10N4O8. The van der Waals surface area contributed by atoms with Gasteiger partial charge in [0.05, 0.1) is 50.6 Å². The van der Waals surface area contributed by atoms with Crippen molar-refractivity contribution in [2.24, 2.45) is 11.8 Å². The van der Waals surface area contributed by atoms with E-state index in [-0.39, 0.29) is 23.6 Å². The lowest BCUT2D eigenvalue weighted by Crippen LogP contribution is -2.65. The molecule has 6 aliphatic heterocycles. The molecule has 12 nitrogen and oxygen atoms in total. The maximum Gasteiger partial charge on any atom is 0.430 e. The fourth-order valence-corrected chi connectivity index (χ4v) is 10.5. The minimum absolute atomic E-state index is 0.0282. The number of carbonyl (C=O) groups excluding carboxylic acids is 4. The summed E-state index contributed by atoms with van der Waals surface area (Å²) < 4.78 is 134. The predicted molar refractivity (Wildman–Crippen MR) is 262 cm³/mol. The average Bonchev–Trinajstić information content (AvgIpc) is 3.36. The number of amides is 2. The quantitative estimate of drug-likeness (QED) is 0.0645. The molecule has 6 heterocycles. The molecule has 0 aromatic heterocycles. The maximum absolute atomic E-state index is 14.4. The third kappa shape index (κ3) is 21.2. The van der Waals surface area contributed by atoms with Gasteiger partial charge in [0.1, 0.15) is 48.3 Å². The molecule has 76 heavy (non-hydrogen) atoms. The molecule has 0 unspecified atom stereocenters. The number of hydrogen-bond donors (Lipinski definition) is 0. The first-order valence-electron chi connectivity index (χ1n) is 27.0. The van der Waals surface area contributed by atoms with E-state index in [1.165, 1.54) is 100 Å². The fraction of sp³-hybridized carbons (Fsp3) is 0.704. The van der Waals surface area contributed by atoms with E-state index in [4.69, 9.17) is 29.3 Å². The highest BCUT2D eigenvalue weighted by Crippen LogP contribution is 2.38. The number of benzene rings is 2. The molecular weight excluding hydrogens is 1020 g/mol. The Labute approximate surface area is 440 Å². The van der Waals surface area contributed by atoms with Crippen molar-refractivity contribution in [1.82, 2.24) is 0 Å². The summed E-state index contributed by atoms with van der Waals surface area (Å²) in [6, 6.07) is 6.47. The summed E-state index contributed by atoms with van der Waals surface area (Å²) in [5.41, 5.74) is -0.0564. The Balaban J connectivity index is 0.000000320. The molecule has 432 valence electrons. The molecule has 2 aromatic carbocycles. The highest BCUT2D eigenvalue weighted by Gasteiger charge is 2.49. The first kappa shape index (κ1) is 65.4. The van der Waals surface area contributed by atoms with E-state index in [1.54, 1.807) is 0 Å². The highest BCUT2D eigenvalue weighted by molar-refractivity contribution is 5.88. The Hall–Kier alpha value is -4.86. The smallest absolute Gasteiger partial charge is 0.430 e. The number of hydrogen-bond acceptors (Lipinski definition) is 8. The zero-order valence-corrected chi connectivity index (χ0v) is 44.4. The Morgan fingerprint density at radius 1 is 0.513 bits per heavy atom. The van der Waals surface area contributed by atoms with Gasteiger partial charge in [-0.05, 0) is 62.8 Å². The van der Waals surface area contributed by atoms with Crippen LogP contribution < -0.4 is 20.0 Å². The van der Waals surface area contributed by atoms with Crippen LogP contribution in [0.1, 0.15) is 143 Å². The van der Waals surface area contributed by atoms with Crippen LogP contribution in [0, 0.1) is 35.1 Å². The summed E-state index contributed by atoms with van der Waals surface area (Å²) in [6.07, 6.45) is 8.36. The Bertz CT molecular complexity index is 1950. The standard InChI is InChI=1S/2C25H39F2N2O2.2C2HF3O2/c2*1-3-5-7-8-9-15-29-16-12-20(13-17-29)24(19-29)31-25(30)28(14-6-4-2)23-18-21(26)10-11-22(23)27;2*3-2(4,5)1(6)7/h2*10-11,18,20,24H,3-9,12-17,19H2,1-2H3;2*(H,6,7)/q2*+1;;/p-2/t2*20?,24-,29?;;/m00../s1. The first-order chi connectivity index (χ1) is 35.8. The number of halogens is 10. The summed E-state index contributed by atoms with van der Waals surface area (Å²) in [5.74, 6) is -7.55. The molecule has 8 rings (SSSR count). The predicted octanol–water partition coefficient (Wildman–Crippen LogP) is 11.2. The maximum atomic E-state index is 14.4. The van der Waals surface area contributed by atoms with E-state index in [9.17, 15) is 53.5 Å². The molecule has 2 atom stereocenters. The van der Waals surface area contributed by atoms with Gasteiger partial charge in [-0.1, -0.05) is 79.1 Å². The van der Waals surface area contributed by atoms with Gasteiger partial charge < -0.3 is 38.2 Å². The van der Waals surface area contributed by atoms with Gasteiger partial charge in [-0.15, -0.1) is 0 Å². The third-order valence-electron chi connectivity index (χ3n) is 14.8.